The fraction of sp³-hybridized carbons (Fsp3) is 0.933. The summed E-state index contributed by atoms with van der Waals surface area (Å²) in [7, 11) is 1.88. The molecule has 2 rings (SSSR count). The summed E-state index contributed by atoms with van der Waals surface area (Å²) in [5, 5.41) is 6.95. The second-order valence-corrected chi connectivity index (χ2v) is 6.05. The second kappa shape index (κ2) is 7.25. The monoisotopic (exact) mass is 252 g/mol. The van der Waals surface area contributed by atoms with E-state index in [0.29, 0.717) is 0 Å². The Morgan fingerprint density at radius 1 is 1.17 bits per heavy atom. The summed E-state index contributed by atoms with van der Waals surface area (Å²) in [6, 6.07) is 1.55. The highest BCUT2D eigenvalue weighted by Crippen LogP contribution is 2.31. The molecule has 0 aromatic heterocycles. The van der Waals surface area contributed by atoms with Crippen molar-refractivity contribution in [3.05, 3.63) is 0 Å². The molecule has 0 heterocycles. The lowest BCUT2D eigenvalue weighted by Gasteiger charge is -2.25. The summed E-state index contributed by atoms with van der Waals surface area (Å²) in [4.78, 5) is 10.8. The van der Waals surface area contributed by atoms with Crippen LogP contribution in [0.3, 0.4) is 0 Å². The van der Waals surface area contributed by atoms with Crippen molar-refractivity contribution in [2.45, 2.75) is 75.9 Å². The zero-order chi connectivity index (χ0) is 12.8. The molecule has 18 heavy (non-hydrogen) atoms. The van der Waals surface area contributed by atoms with Gasteiger partial charge in [-0.3, -0.25) is 0 Å². The maximum atomic E-state index is 10.8. The average molecular weight is 252 g/mol. The molecule has 0 bridgehead atoms. The summed E-state index contributed by atoms with van der Waals surface area (Å²) in [5.74, 6) is 0.793. The van der Waals surface area contributed by atoms with Gasteiger partial charge < -0.3 is 15.4 Å². The van der Waals surface area contributed by atoms with Crippen LogP contribution in [-0.2, 0) is 4.79 Å². The molecular weight excluding hydrogens is 224 g/mol. The normalized spacial score (nSPS) is 30.7. The van der Waals surface area contributed by atoms with Crippen LogP contribution in [0.25, 0.3) is 0 Å². The lowest BCUT2D eigenvalue weighted by molar-refractivity contribution is -0.109. The van der Waals surface area contributed by atoms with Crippen molar-refractivity contribution in [1.82, 2.24) is 10.6 Å². The third-order valence-electron chi connectivity index (χ3n) is 4.85. The van der Waals surface area contributed by atoms with Gasteiger partial charge in [-0.25, -0.2) is 0 Å². The quantitative estimate of drug-likeness (QED) is 0.683. The van der Waals surface area contributed by atoms with Crippen molar-refractivity contribution in [2.24, 2.45) is 5.92 Å². The molecule has 2 aliphatic carbocycles. The maximum Gasteiger partial charge on any atom is 0.136 e. The van der Waals surface area contributed by atoms with E-state index < -0.39 is 0 Å². The molecule has 104 valence electrons. The fourth-order valence-electron chi connectivity index (χ4n) is 3.67. The minimum Gasteiger partial charge on any atom is -0.311 e. The van der Waals surface area contributed by atoms with Crippen molar-refractivity contribution in [1.29, 1.82) is 0 Å². The minimum absolute atomic E-state index is 0.0535. The van der Waals surface area contributed by atoms with E-state index >= 15 is 0 Å². The Morgan fingerprint density at radius 3 is 2.61 bits per heavy atom. The van der Waals surface area contributed by atoms with Crippen LogP contribution in [0.1, 0.15) is 57.8 Å². The predicted molar refractivity (Wildman–Crippen MR) is 74.7 cm³/mol. The smallest absolute Gasteiger partial charge is 0.136 e. The van der Waals surface area contributed by atoms with Gasteiger partial charge in [-0.15, -0.1) is 0 Å². The van der Waals surface area contributed by atoms with Crippen LogP contribution in [0.4, 0.5) is 0 Å². The van der Waals surface area contributed by atoms with Crippen molar-refractivity contribution >= 4 is 6.29 Å². The van der Waals surface area contributed by atoms with E-state index in [1.807, 2.05) is 7.05 Å². The molecule has 3 unspecified atom stereocenters. The van der Waals surface area contributed by atoms with Crippen molar-refractivity contribution < 1.29 is 4.79 Å². The molecule has 3 nitrogen and oxygen atoms in total. The second-order valence-electron chi connectivity index (χ2n) is 6.05. The molecule has 2 saturated carbocycles. The van der Waals surface area contributed by atoms with Crippen molar-refractivity contribution in [2.75, 3.05) is 7.05 Å². The van der Waals surface area contributed by atoms with Crippen LogP contribution in [0.15, 0.2) is 0 Å². The lowest BCUT2D eigenvalue weighted by Crippen LogP contribution is -2.39. The van der Waals surface area contributed by atoms with E-state index in [1.54, 1.807) is 0 Å². The molecule has 0 radical (unpaired) electrons. The largest absolute Gasteiger partial charge is 0.311 e. The molecule has 3 heteroatoms. The minimum atomic E-state index is 0.0535. The van der Waals surface area contributed by atoms with E-state index in [9.17, 15) is 4.79 Å². The summed E-state index contributed by atoms with van der Waals surface area (Å²) >= 11 is 0. The van der Waals surface area contributed by atoms with Crippen LogP contribution in [0.5, 0.6) is 0 Å². The Bertz CT molecular complexity index is 251. The van der Waals surface area contributed by atoms with Gasteiger partial charge in [0.2, 0.25) is 0 Å². The summed E-state index contributed by atoms with van der Waals surface area (Å²) in [5.41, 5.74) is 0. The van der Waals surface area contributed by atoms with Crippen LogP contribution < -0.4 is 10.6 Å². The summed E-state index contributed by atoms with van der Waals surface area (Å²) in [6.07, 6.45) is 12.8. The van der Waals surface area contributed by atoms with Crippen LogP contribution in [0.2, 0.25) is 0 Å². The van der Waals surface area contributed by atoms with Crippen LogP contribution in [-0.4, -0.2) is 31.5 Å². The number of hydrogen-bond acceptors (Lipinski definition) is 3. The van der Waals surface area contributed by atoms with Gasteiger partial charge in [-0.2, -0.15) is 0 Å². The van der Waals surface area contributed by atoms with Crippen LogP contribution >= 0.6 is 0 Å². The van der Waals surface area contributed by atoms with Crippen molar-refractivity contribution in [3.8, 4) is 0 Å². The van der Waals surface area contributed by atoms with Gasteiger partial charge in [0.1, 0.15) is 6.29 Å². The molecular formula is C15H28N2O. The molecule has 2 N–H and O–H groups in total. The molecule has 0 aromatic carbocycles. The van der Waals surface area contributed by atoms with E-state index in [1.165, 1.54) is 51.4 Å². The molecule has 0 spiro atoms. The maximum absolute atomic E-state index is 10.8. The first-order chi connectivity index (χ1) is 8.83. The molecule has 0 aromatic rings. The standard InChI is InChI=1S/C15H28N2O/c1-16-14(11-18)10-9-12-5-4-8-15(12)17-13-6-2-3-7-13/h11-17H,2-10H2,1H3. The highest BCUT2D eigenvalue weighted by molar-refractivity contribution is 5.57. The molecule has 0 aliphatic heterocycles. The first-order valence-corrected chi connectivity index (χ1v) is 7.72. The third-order valence-corrected chi connectivity index (χ3v) is 4.85. The molecule has 2 fully saturated rings. The lowest BCUT2D eigenvalue weighted by atomic mass is 9.94. The number of rotatable bonds is 7. The van der Waals surface area contributed by atoms with E-state index in [-0.39, 0.29) is 6.04 Å². The third kappa shape index (κ3) is 3.79. The molecule has 0 saturated heterocycles. The summed E-state index contributed by atoms with van der Waals surface area (Å²) < 4.78 is 0. The number of nitrogens with one attached hydrogen (secondary N) is 2. The van der Waals surface area contributed by atoms with Crippen LogP contribution in [0, 0.1) is 5.92 Å². The number of aldehydes is 1. The first-order valence-electron chi connectivity index (χ1n) is 7.72. The predicted octanol–water partition coefficient (Wildman–Crippen LogP) is 2.25. The fourth-order valence-corrected chi connectivity index (χ4v) is 3.67. The first kappa shape index (κ1) is 14.0. The zero-order valence-corrected chi connectivity index (χ0v) is 11.7. The molecule has 2 aliphatic rings. The average Bonchev–Trinajstić information content (AvgIpc) is 3.03. The number of carbonyl (C=O) groups is 1. The Balaban J connectivity index is 1.74. The van der Waals surface area contributed by atoms with Gasteiger partial charge in [0.05, 0.1) is 6.04 Å². The van der Waals surface area contributed by atoms with Gasteiger partial charge in [-0.1, -0.05) is 19.3 Å². The van der Waals surface area contributed by atoms with Gasteiger partial charge in [0.15, 0.2) is 0 Å². The number of likely N-dealkylation sites (N-methyl/N-ethyl adjacent to an activating group) is 1. The Labute approximate surface area is 111 Å². The van der Waals surface area contributed by atoms with E-state index in [2.05, 4.69) is 10.6 Å². The van der Waals surface area contributed by atoms with Gasteiger partial charge >= 0.3 is 0 Å². The van der Waals surface area contributed by atoms with E-state index in [0.717, 1.165) is 30.7 Å². The Morgan fingerprint density at radius 2 is 1.94 bits per heavy atom. The Kier molecular flexibility index (Phi) is 5.64. The molecule has 3 atom stereocenters. The highest BCUT2D eigenvalue weighted by Gasteiger charge is 2.29. The van der Waals surface area contributed by atoms with Gasteiger partial charge in [0.25, 0.3) is 0 Å². The number of hydrogen-bond donors (Lipinski definition) is 2. The highest BCUT2D eigenvalue weighted by atomic mass is 16.1. The van der Waals surface area contributed by atoms with Gasteiger partial charge in [0, 0.05) is 12.1 Å². The van der Waals surface area contributed by atoms with Gasteiger partial charge in [-0.05, 0) is 51.5 Å². The number of carbonyl (C=O) groups excluding carboxylic acids is 1. The molecule has 0 amide bonds. The van der Waals surface area contributed by atoms with E-state index in [4.69, 9.17) is 0 Å². The zero-order valence-electron chi connectivity index (χ0n) is 11.7. The van der Waals surface area contributed by atoms with Crippen molar-refractivity contribution in [3.63, 3.8) is 0 Å². The summed E-state index contributed by atoms with van der Waals surface area (Å²) in [6.45, 7) is 0. The topological polar surface area (TPSA) is 41.1 Å². The SMILES string of the molecule is CNC(C=O)CCC1CCCC1NC1CCCC1. The Hall–Kier alpha value is -0.410.